The van der Waals surface area contributed by atoms with Gasteiger partial charge in [-0.2, -0.15) is 4.98 Å². The molecule has 1 saturated heterocycles. The van der Waals surface area contributed by atoms with Crippen LogP contribution < -0.4 is 10.6 Å². The summed E-state index contributed by atoms with van der Waals surface area (Å²) in [4.78, 5) is 8.43. The van der Waals surface area contributed by atoms with Gasteiger partial charge in [0.2, 0.25) is 5.95 Å². The lowest BCUT2D eigenvalue weighted by atomic mass is 10.3. The van der Waals surface area contributed by atoms with Gasteiger partial charge in [-0.25, -0.2) is 13.4 Å². The van der Waals surface area contributed by atoms with E-state index in [9.17, 15) is 8.42 Å². The molecule has 1 aromatic heterocycles. The van der Waals surface area contributed by atoms with E-state index in [1.54, 1.807) is 19.4 Å². The van der Waals surface area contributed by atoms with Crippen molar-refractivity contribution in [3.05, 3.63) is 12.3 Å². The molecule has 1 aliphatic rings. The molecule has 2 heterocycles. The van der Waals surface area contributed by atoms with Crippen LogP contribution in [0.5, 0.6) is 0 Å². The topological polar surface area (TPSA) is 93.2 Å². The summed E-state index contributed by atoms with van der Waals surface area (Å²) in [5, 5.41) is 6.24. The fourth-order valence-corrected chi connectivity index (χ4v) is 3.72. The highest BCUT2D eigenvalue weighted by atomic mass is 32.2. The molecule has 0 amide bonds. The first-order valence-electron chi connectivity index (χ1n) is 6.62. The van der Waals surface area contributed by atoms with Crippen LogP contribution in [-0.4, -0.2) is 56.2 Å². The molecule has 112 valence electrons. The Bertz CT molecular complexity index is 535. The van der Waals surface area contributed by atoms with E-state index in [0.29, 0.717) is 19.0 Å². The molecule has 0 aromatic carbocycles. The number of nitrogens with one attached hydrogen (secondary N) is 2. The standard InChI is InChI=1S/C12H20N4O3S/c1-19-7-2-5-13-11-3-6-14-12(16-11)15-10-4-8-20(17,18)9-10/h3,6,10H,2,4-5,7-9H2,1H3,(H2,13,14,15,16). The predicted molar refractivity (Wildman–Crippen MR) is 77.7 cm³/mol. The van der Waals surface area contributed by atoms with E-state index < -0.39 is 9.84 Å². The summed E-state index contributed by atoms with van der Waals surface area (Å²) in [7, 11) is -1.22. The number of aromatic nitrogens is 2. The van der Waals surface area contributed by atoms with Gasteiger partial charge >= 0.3 is 0 Å². The number of nitrogens with zero attached hydrogens (tertiary/aromatic N) is 2. The van der Waals surface area contributed by atoms with Crippen LogP contribution in [0.4, 0.5) is 11.8 Å². The zero-order valence-electron chi connectivity index (χ0n) is 11.5. The molecule has 1 fully saturated rings. The van der Waals surface area contributed by atoms with E-state index >= 15 is 0 Å². The summed E-state index contributed by atoms with van der Waals surface area (Å²) in [6.07, 6.45) is 3.15. The lowest BCUT2D eigenvalue weighted by molar-refractivity contribution is 0.198. The molecule has 1 aromatic rings. The van der Waals surface area contributed by atoms with Crippen LogP contribution >= 0.6 is 0 Å². The SMILES string of the molecule is COCCCNc1ccnc(NC2CCS(=O)(=O)C2)n1. The normalized spacial score (nSPS) is 20.8. The van der Waals surface area contributed by atoms with Crippen molar-refractivity contribution >= 4 is 21.6 Å². The van der Waals surface area contributed by atoms with Crippen molar-refractivity contribution in [3.63, 3.8) is 0 Å². The summed E-state index contributed by atoms with van der Waals surface area (Å²) in [5.41, 5.74) is 0. The van der Waals surface area contributed by atoms with Crippen molar-refractivity contribution in [3.8, 4) is 0 Å². The van der Waals surface area contributed by atoms with Crippen molar-refractivity contribution in [1.29, 1.82) is 0 Å². The number of rotatable bonds is 7. The van der Waals surface area contributed by atoms with Gasteiger partial charge in [0.05, 0.1) is 11.5 Å². The van der Waals surface area contributed by atoms with Gasteiger partial charge in [-0.1, -0.05) is 0 Å². The molecule has 0 spiro atoms. The summed E-state index contributed by atoms with van der Waals surface area (Å²) >= 11 is 0. The van der Waals surface area contributed by atoms with Gasteiger partial charge in [0.25, 0.3) is 0 Å². The lowest BCUT2D eigenvalue weighted by Crippen LogP contribution is -2.22. The summed E-state index contributed by atoms with van der Waals surface area (Å²) in [6, 6.07) is 1.69. The van der Waals surface area contributed by atoms with Gasteiger partial charge in [-0.3, -0.25) is 0 Å². The van der Waals surface area contributed by atoms with Crippen molar-refractivity contribution < 1.29 is 13.2 Å². The Kier molecular flexibility index (Phi) is 5.13. The molecule has 0 bridgehead atoms. The summed E-state index contributed by atoms with van der Waals surface area (Å²) in [5.74, 6) is 1.57. The number of methoxy groups -OCH3 is 1. The van der Waals surface area contributed by atoms with Crippen LogP contribution in [-0.2, 0) is 14.6 Å². The molecule has 1 atom stereocenters. The Hall–Kier alpha value is -1.41. The first kappa shape index (κ1) is 15.0. The summed E-state index contributed by atoms with van der Waals surface area (Å²) in [6.45, 7) is 1.46. The van der Waals surface area contributed by atoms with Gasteiger partial charge in [0.1, 0.15) is 5.82 Å². The lowest BCUT2D eigenvalue weighted by Gasteiger charge is -2.11. The summed E-state index contributed by atoms with van der Waals surface area (Å²) < 4.78 is 27.8. The highest BCUT2D eigenvalue weighted by Gasteiger charge is 2.28. The zero-order chi connectivity index (χ0) is 14.4. The third-order valence-corrected chi connectivity index (χ3v) is 4.82. The average molecular weight is 300 g/mol. The van der Waals surface area contributed by atoms with E-state index in [4.69, 9.17) is 4.74 Å². The third-order valence-electron chi connectivity index (χ3n) is 3.05. The first-order chi connectivity index (χ1) is 9.59. The Morgan fingerprint density at radius 3 is 3.05 bits per heavy atom. The predicted octanol–water partition coefficient (Wildman–Crippen LogP) is 0.524. The second kappa shape index (κ2) is 6.85. The minimum Gasteiger partial charge on any atom is -0.385 e. The molecule has 2 N–H and O–H groups in total. The molecule has 1 aliphatic heterocycles. The third kappa shape index (κ3) is 4.61. The van der Waals surface area contributed by atoms with E-state index in [1.165, 1.54) is 0 Å². The maximum atomic E-state index is 11.4. The quantitative estimate of drug-likeness (QED) is 0.709. The largest absolute Gasteiger partial charge is 0.385 e. The van der Waals surface area contributed by atoms with Gasteiger partial charge in [0, 0.05) is 32.5 Å². The van der Waals surface area contributed by atoms with Crippen LogP contribution in [0.15, 0.2) is 12.3 Å². The molecule has 1 unspecified atom stereocenters. The van der Waals surface area contributed by atoms with E-state index in [1.807, 2.05) is 0 Å². The van der Waals surface area contributed by atoms with Crippen LogP contribution in [0, 0.1) is 0 Å². The second-order valence-electron chi connectivity index (χ2n) is 4.78. The van der Waals surface area contributed by atoms with Gasteiger partial charge in [0.15, 0.2) is 9.84 Å². The maximum absolute atomic E-state index is 11.4. The first-order valence-corrected chi connectivity index (χ1v) is 8.44. The van der Waals surface area contributed by atoms with Crippen LogP contribution in [0.1, 0.15) is 12.8 Å². The van der Waals surface area contributed by atoms with E-state index in [-0.39, 0.29) is 17.5 Å². The molecular formula is C12H20N4O3S. The number of hydrogen-bond acceptors (Lipinski definition) is 7. The van der Waals surface area contributed by atoms with Crippen LogP contribution in [0.3, 0.4) is 0 Å². The van der Waals surface area contributed by atoms with Crippen molar-refractivity contribution in [2.45, 2.75) is 18.9 Å². The van der Waals surface area contributed by atoms with Gasteiger partial charge < -0.3 is 15.4 Å². The average Bonchev–Trinajstić information content (AvgIpc) is 2.74. The molecule has 2 rings (SSSR count). The number of sulfone groups is 1. The highest BCUT2D eigenvalue weighted by Crippen LogP contribution is 2.15. The Balaban J connectivity index is 1.86. The number of anilines is 2. The minimum absolute atomic E-state index is 0.0938. The molecule has 20 heavy (non-hydrogen) atoms. The number of ether oxygens (including phenoxy) is 1. The Morgan fingerprint density at radius 2 is 2.35 bits per heavy atom. The molecule has 7 nitrogen and oxygen atoms in total. The van der Waals surface area contributed by atoms with Crippen LogP contribution in [0.25, 0.3) is 0 Å². The fourth-order valence-electron chi connectivity index (χ4n) is 2.05. The maximum Gasteiger partial charge on any atom is 0.224 e. The monoisotopic (exact) mass is 300 g/mol. The van der Waals surface area contributed by atoms with E-state index in [2.05, 4.69) is 20.6 Å². The van der Waals surface area contributed by atoms with Crippen molar-refractivity contribution in [2.24, 2.45) is 0 Å². The molecule has 8 heteroatoms. The minimum atomic E-state index is -2.89. The van der Waals surface area contributed by atoms with E-state index in [0.717, 1.165) is 18.8 Å². The zero-order valence-corrected chi connectivity index (χ0v) is 12.3. The molecule has 0 saturated carbocycles. The Labute approximate surface area is 119 Å². The molecule has 0 radical (unpaired) electrons. The van der Waals surface area contributed by atoms with Crippen molar-refractivity contribution in [1.82, 2.24) is 9.97 Å². The Morgan fingerprint density at radius 1 is 1.50 bits per heavy atom. The van der Waals surface area contributed by atoms with Gasteiger partial charge in [-0.05, 0) is 18.9 Å². The van der Waals surface area contributed by atoms with Gasteiger partial charge in [-0.15, -0.1) is 0 Å². The second-order valence-corrected chi connectivity index (χ2v) is 7.01. The molecular weight excluding hydrogens is 280 g/mol. The fraction of sp³-hybridized carbons (Fsp3) is 0.667. The smallest absolute Gasteiger partial charge is 0.224 e. The number of hydrogen-bond donors (Lipinski definition) is 2. The van der Waals surface area contributed by atoms with Crippen molar-refractivity contribution in [2.75, 3.05) is 42.4 Å². The van der Waals surface area contributed by atoms with Crippen LogP contribution in [0.2, 0.25) is 0 Å². The molecule has 0 aliphatic carbocycles. The highest BCUT2D eigenvalue weighted by molar-refractivity contribution is 7.91.